The van der Waals surface area contributed by atoms with E-state index in [1.165, 1.54) is 11.3 Å². The summed E-state index contributed by atoms with van der Waals surface area (Å²) in [6.45, 7) is 8.88. The summed E-state index contributed by atoms with van der Waals surface area (Å²) in [6.07, 6.45) is 0. The minimum atomic E-state index is -0.185. The molecule has 0 aromatic heterocycles. The van der Waals surface area contributed by atoms with Crippen LogP contribution in [-0.4, -0.2) is 43.9 Å². The van der Waals surface area contributed by atoms with E-state index in [1.54, 1.807) is 0 Å². The lowest BCUT2D eigenvalue weighted by molar-refractivity contribution is 0.222. The molecule has 0 radical (unpaired) electrons. The molecule has 1 rings (SSSR count). The minimum Gasteiger partial charge on any atom is -0.396 e. The van der Waals surface area contributed by atoms with Crippen LogP contribution in [0.1, 0.15) is 19.4 Å². The van der Waals surface area contributed by atoms with Gasteiger partial charge in [-0.2, -0.15) is 0 Å². The maximum absolute atomic E-state index is 11.6. The number of nitrogens with zero attached hydrogens (tertiary/aromatic N) is 1. The van der Waals surface area contributed by atoms with Crippen LogP contribution < -0.4 is 15.5 Å². The van der Waals surface area contributed by atoms with Gasteiger partial charge in [0.15, 0.2) is 0 Å². The lowest BCUT2D eigenvalue weighted by Gasteiger charge is -2.23. The number of amides is 2. The van der Waals surface area contributed by atoms with Crippen molar-refractivity contribution in [2.24, 2.45) is 5.92 Å². The van der Waals surface area contributed by atoms with Gasteiger partial charge in [-0.25, -0.2) is 4.79 Å². The van der Waals surface area contributed by atoms with E-state index in [1.807, 2.05) is 13.0 Å². The van der Waals surface area contributed by atoms with Gasteiger partial charge in [0.1, 0.15) is 0 Å². The van der Waals surface area contributed by atoms with Crippen molar-refractivity contribution < 1.29 is 9.90 Å². The highest BCUT2D eigenvalue weighted by Gasteiger charge is 2.06. The molecule has 5 heteroatoms. The Kier molecular flexibility index (Phi) is 7.61. The quantitative estimate of drug-likeness (QED) is 0.684. The molecule has 1 aromatic rings. The maximum Gasteiger partial charge on any atom is 0.314 e. The summed E-state index contributed by atoms with van der Waals surface area (Å²) in [4.78, 5) is 13.8. The van der Waals surface area contributed by atoms with E-state index < -0.39 is 0 Å². The molecule has 0 saturated heterocycles. The van der Waals surface area contributed by atoms with Crippen molar-refractivity contribution >= 4 is 11.7 Å². The fourth-order valence-corrected chi connectivity index (χ4v) is 1.99. The van der Waals surface area contributed by atoms with Crippen LogP contribution in [-0.2, 0) is 0 Å². The van der Waals surface area contributed by atoms with Gasteiger partial charge in [-0.3, -0.25) is 0 Å². The van der Waals surface area contributed by atoms with Gasteiger partial charge < -0.3 is 20.6 Å². The topological polar surface area (TPSA) is 64.6 Å². The van der Waals surface area contributed by atoms with Crippen molar-refractivity contribution in [2.45, 2.75) is 20.8 Å². The Morgan fingerprint density at radius 2 is 2.14 bits per heavy atom. The molecule has 0 heterocycles. The van der Waals surface area contributed by atoms with Crippen LogP contribution >= 0.6 is 0 Å². The first-order chi connectivity index (χ1) is 10.1. The molecule has 0 saturated carbocycles. The van der Waals surface area contributed by atoms with Crippen LogP contribution in [0.15, 0.2) is 24.3 Å². The number of nitrogens with one attached hydrogen (secondary N) is 2. The molecule has 2 amide bonds. The molecule has 0 aliphatic rings. The Balaban J connectivity index is 2.34. The van der Waals surface area contributed by atoms with Crippen molar-refractivity contribution in [1.29, 1.82) is 0 Å². The van der Waals surface area contributed by atoms with Gasteiger partial charge in [0.05, 0.1) is 0 Å². The molecule has 1 aromatic carbocycles. The Labute approximate surface area is 127 Å². The zero-order chi connectivity index (χ0) is 15.7. The van der Waals surface area contributed by atoms with Gasteiger partial charge in [-0.05, 0) is 37.5 Å². The summed E-state index contributed by atoms with van der Waals surface area (Å²) in [5.74, 6) is 0.0789. The van der Waals surface area contributed by atoms with Crippen LogP contribution in [0.25, 0.3) is 0 Å². The third-order valence-electron chi connectivity index (χ3n) is 3.34. The molecule has 0 aliphatic heterocycles. The highest BCUT2D eigenvalue weighted by Crippen LogP contribution is 2.14. The smallest absolute Gasteiger partial charge is 0.314 e. The van der Waals surface area contributed by atoms with Crippen molar-refractivity contribution in [1.82, 2.24) is 10.6 Å². The van der Waals surface area contributed by atoms with E-state index in [2.05, 4.69) is 47.6 Å². The monoisotopic (exact) mass is 293 g/mol. The zero-order valence-electron chi connectivity index (χ0n) is 13.2. The zero-order valence-corrected chi connectivity index (χ0v) is 13.2. The number of benzene rings is 1. The molecule has 0 aliphatic carbocycles. The molecule has 1 atom stereocenters. The summed E-state index contributed by atoms with van der Waals surface area (Å²) < 4.78 is 0. The predicted molar refractivity (Wildman–Crippen MR) is 86.7 cm³/mol. The molecule has 5 nitrogen and oxygen atoms in total. The Bertz CT molecular complexity index is 437. The van der Waals surface area contributed by atoms with Gasteiger partial charge in [-0.1, -0.05) is 19.1 Å². The van der Waals surface area contributed by atoms with Crippen LogP contribution in [0.4, 0.5) is 10.5 Å². The molecular formula is C16H27N3O2. The number of carbonyl (C=O) groups excluding carboxylic acids is 1. The van der Waals surface area contributed by atoms with E-state index in [0.29, 0.717) is 13.1 Å². The SMILES string of the molecule is CCN(CCNC(=O)NCC(C)CO)c1cccc(C)c1. The van der Waals surface area contributed by atoms with E-state index in [4.69, 9.17) is 5.11 Å². The first-order valence-corrected chi connectivity index (χ1v) is 7.51. The number of hydrogen-bond acceptors (Lipinski definition) is 3. The number of aliphatic hydroxyl groups excluding tert-OH is 1. The second kappa shape index (κ2) is 9.23. The second-order valence-electron chi connectivity index (χ2n) is 5.34. The Morgan fingerprint density at radius 1 is 1.38 bits per heavy atom. The van der Waals surface area contributed by atoms with Crippen molar-refractivity contribution in [3.05, 3.63) is 29.8 Å². The Hall–Kier alpha value is -1.75. The Morgan fingerprint density at radius 3 is 2.76 bits per heavy atom. The number of aryl methyl sites for hydroxylation is 1. The van der Waals surface area contributed by atoms with E-state index >= 15 is 0 Å². The third-order valence-corrected chi connectivity index (χ3v) is 3.34. The molecular weight excluding hydrogens is 266 g/mol. The average Bonchev–Trinajstić information content (AvgIpc) is 2.49. The fraction of sp³-hybridized carbons (Fsp3) is 0.562. The lowest BCUT2D eigenvalue weighted by atomic mass is 10.2. The van der Waals surface area contributed by atoms with Gasteiger partial charge in [0.2, 0.25) is 0 Å². The average molecular weight is 293 g/mol. The molecule has 1 unspecified atom stereocenters. The second-order valence-corrected chi connectivity index (χ2v) is 5.34. The highest BCUT2D eigenvalue weighted by molar-refractivity contribution is 5.73. The normalized spacial score (nSPS) is 11.8. The molecule has 21 heavy (non-hydrogen) atoms. The molecule has 0 spiro atoms. The van der Waals surface area contributed by atoms with Crippen LogP contribution in [0, 0.1) is 12.8 Å². The highest BCUT2D eigenvalue weighted by atomic mass is 16.3. The van der Waals surface area contributed by atoms with Gasteiger partial charge in [-0.15, -0.1) is 0 Å². The first-order valence-electron chi connectivity index (χ1n) is 7.51. The number of carbonyl (C=O) groups is 1. The largest absolute Gasteiger partial charge is 0.396 e. The van der Waals surface area contributed by atoms with Crippen molar-refractivity contribution in [3.63, 3.8) is 0 Å². The number of rotatable bonds is 8. The minimum absolute atomic E-state index is 0.0789. The number of likely N-dealkylation sites (N-methyl/N-ethyl adjacent to an activating group) is 1. The molecule has 3 N–H and O–H groups in total. The molecule has 118 valence electrons. The predicted octanol–water partition coefficient (Wildman–Crippen LogP) is 1.75. The van der Waals surface area contributed by atoms with Crippen molar-refractivity contribution in [3.8, 4) is 0 Å². The summed E-state index contributed by atoms with van der Waals surface area (Å²) in [5, 5.41) is 14.5. The van der Waals surface area contributed by atoms with E-state index in [-0.39, 0.29) is 18.6 Å². The van der Waals surface area contributed by atoms with E-state index in [9.17, 15) is 4.79 Å². The number of urea groups is 1. The van der Waals surface area contributed by atoms with Gasteiger partial charge in [0, 0.05) is 38.5 Å². The fourth-order valence-electron chi connectivity index (χ4n) is 1.99. The van der Waals surface area contributed by atoms with E-state index in [0.717, 1.165) is 13.1 Å². The van der Waals surface area contributed by atoms with Crippen LogP contribution in [0.5, 0.6) is 0 Å². The first kappa shape index (κ1) is 17.3. The van der Waals surface area contributed by atoms with Crippen molar-refractivity contribution in [2.75, 3.05) is 37.7 Å². The third kappa shape index (κ3) is 6.49. The number of anilines is 1. The summed E-state index contributed by atoms with van der Waals surface area (Å²) >= 11 is 0. The molecule has 0 fully saturated rings. The maximum atomic E-state index is 11.6. The van der Waals surface area contributed by atoms with Gasteiger partial charge in [0.25, 0.3) is 0 Å². The molecule has 0 bridgehead atoms. The number of aliphatic hydroxyl groups is 1. The lowest BCUT2D eigenvalue weighted by Crippen LogP contribution is -2.42. The summed E-state index contributed by atoms with van der Waals surface area (Å²) in [6, 6.07) is 8.16. The van der Waals surface area contributed by atoms with Gasteiger partial charge >= 0.3 is 6.03 Å². The van der Waals surface area contributed by atoms with Crippen LogP contribution in [0.2, 0.25) is 0 Å². The summed E-state index contributed by atoms with van der Waals surface area (Å²) in [5.41, 5.74) is 2.41. The van der Waals surface area contributed by atoms with Crippen LogP contribution in [0.3, 0.4) is 0 Å². The standard InChI is InChI=1S/C16H27N3O2/c1-4-19(15-7-5-6-13(2)10-15)9-8-17-16(21)18-11-14(3)12-20/h5-7,10,14,20H,4,8-9,11-12H2,1-3H3,(H2,17,18,21). The summed E-state index contributed by atoms with van der Waals surface area (Å²) in [7, 11) is 0. The number of hydrogen-bond donors (Lipinski definition) is 3.